The molecule has 0 atom stereocenters. The molecule has 0 radical (unpaired) electrons. The van der Waals surface area contributed by atoms with E-state index in [1.54, 1.807) is 22.7 Å². The predicted molar refractivity (Wildman–Crippen MR) is 146 cm³/mol. The lowest BCUT2D eigenvalue weighted by Gasteiger charge is -2.29. The van der Waals surface area contributed by atoms with Crippen molar-refractivity contribution < 1.29 is 14.1 Å². The van der Waals surface area contributed by atoms with E-state index in [1.807, 2.05) is 27.6 Å². The van der Waals surface area contributed by atoms with Gasteiger partial charge in [-0.3, -0.25) is 4.79 Å². The van der Waals surface area contributed by atoms with E-state index in [-0.39, 0.29) is 11.2 Å². The first-order valence-electron chi connectivity index (χ1n) is 11.7. The van der Waals surface area contributed by atoms with Gasteiger partial charge in [0.25, 0.3) is 0 Å². The van der Waals surface area contributed by atoms with E-state index in [4.69, 9.17) is 14.3 Å². The van der Waals surface area contributed by atoms with Gasteiger partial charge in [-0.2, -0.15) is 0 Å². The standard InChI is InChI=1S/C25H24N2O2S2.C2H6.CH2O/c1-14-20(22(27-29-14)16-9-7-5-6-8-10-16)18-13-30-24(26-18)23-17-11-25(3,4)12-19(28)21(17)15(2)31-23;2*1-2/h5,7-10,13H,6,11-12H2,1-4H3;1-2H3;1H2. The molecule has 5 nitrogen and oxygen atoms in total. The van der Waals surface area contributed by atoms with E-state index < -0.39 is 0 Å². The van der Waals surface area contributed by atoms with Crippen LogP contribution in [-0.2, 0) is 11.2 Å². The Bertz CT molecular complexity index is 1300. The van der Waals surface area contributed by atoms with Crippen LogP contribution in [-0.4, -0.2) is 22.7 Å². The molecule has 3 heterocycles. The average molecular weight is 509 g/mol. The Morgan fingerprint density at radius 1 is 1.09 bits per heavy atom. The largest absolute Gasteiger partial charge is 0.360 e. The number of thiazole rings is 1. The minimum absolute atomic E-state index is 0.0174. The molecule has 0 amide bonds. The van der Waals surface area contributed by atoms with Crippen LogP contribution in [0.25, 0.3) is 26.7 Å². The van der Waals surface area contributed by atoms with E-state index in [0.717, 1.165) is 61.5 Å². The Morgan fingerprint density at radius 3 is 2.57 bits per heavy atom. The SMILES string of the molecule is C=O.CC.Cc1onc(C2=CC=CCC=C2)c1-c1csc(-c2sc(C)c3c2CC(C)(C)CC3=O)n1. The van der Waals surface area contributed by atoms with Crippen LogP contribution in [0.4, 0.5) is 0 Å². The van der Waals surface area contributed by atoms with E-state index in [1.165, 1.54) is 5.56 Å². The summed E-state index contributed by atoms with van der Waals surface area (Å²) < 4.78 is 5.57. The van der Waals surface area contributed by atoms with Gasteiger partial charge in [-0.25, -0.2) is 4.98 Å². The van der Waals surface area contributed by atoms with Crippen LogP contribution < -0.4 is 0 Å². The Balaban J connectivity index is 0.000000815. The molecule has 0 N–H and O–H groups in total. The van der Waals surface area contributed by atoms with Crippen LogP contribution in [0.15, 0.2) is 40.3 Å². The summed E-state index contributed by atoms with van der Waals surface area (Å²) in [5, 5.41) is 7.38. The fourth-order valence-electron chi connectivity index (χ4n) is 4.46. The quantitative estimate of drug-likeness (QED) is 0.358. The fourth-order valence-corrected chi connectivity index (χ4v) is 6.58. The predicted octanol–water partition coefficient (Wildman–Crippen LogP) is 8.04. The molecule has 3 aromatic rings. The van der Waals surface area contributed by atoms with Crippen LogP contribution >= 0.6 is 22.7 Å². The van der Waals surface area contributed by atoms with Crippen molar-refractivity contribution in [2.45, 2.75) is 60.8 Å². The summed E-state index contributed by atoms with van der Waals surface area (Å²) in [6.45, 7) is 14.3. The number of rotatable bonds is 3. The number of ketones is 1. The average Bonchev–Trinajstić information content (AvgIpc) is 3.47. The third-order valence-electron chi connectivity index (χ3n) is 5.83. The minimum Gasteiger partial charge on any atom is -0.360 e. The highest BCUT2D eigenvalue weighted by atomic mass is 32.1. The van der Waals surface area contributed by atoms with Crippen molar-refractivity contribution in [3.63, 3.8) is 0 Å². The number of allylic oxidation sites excluding steroid dienone is 6. The van der Waals surface area contributed by atoms with Crippen LogP contribution in [0.3, 0.4) is 0 Å². The molecule has 0 bridgehead atoms. The zero-order valence-corrected chi connectivity index (χ0v) is 22.9. The zero-order valence-electron chi connectivity index (χ0n) is 21.2. The molecule has 7 heteroatoms. The number of fused-ring (bicyclic) bond motifs is 1. The van der Waals surface area contributed by atoms with Gasteiger partial charge in [0.15, 0.2) is 5.78 Å². The number of Topliss-reactive ketones (excluding diaryl/α,β-unsaturated/α-hetero) is 1. The Kier molecular flexibility index (Phi) is 8.56. The molecule has 184 valence electrons. The van der Waals surface area contributed by atoms with Crippen molar-refractivity contribution >= 4 is 40.8 Å². The summed E-state index contributed by atoms with van der Waals surface area (Å²) in [6.07, 6.45) is 12.9. The Morgan fingerprint density at radius 2 is 1.83 bits per heavy atom. The fraction of sp³-hybridized carbons (Fsp3) is 0.357. The van der Waals surface area contributed by atoms with Gasteiger partial charge in [0, 0.05) is 27.8 Å². The van der Waals surface area contributed by atoms with Gasteiger partial charge >= 0.3 is 0 Å². The van der Waals surface area contributed by atoms with Crippen molar-refractivity contribution in [1.29, 1.82) is 0 Å². The van der Waals surface area contributed by atoms with Gasteiger partial charge in [0.2, 0.25) is 0 Å². The highest BCUT2D eigenvalue weighted by molar-refractivity contribution is 7.21. The van der Waals surface area contributed by atoms with Gasteiger partial charge in [-0.1, -0.05) is 63.2 Å². The number of carbonyl (C=O) groups is 2. The highest BCUT2D eigenvalue weighted by Crippen LogP contribution is 2.46. The number of aryl methyl sites for hydroxylation is 2. The van der Waals surface area contributed by atoms with Crippen LogP contribution in [0, 0.1) is 19.3 Å². The van der Waals surface area contributed by atoms with E-state index in [2.05, 4.69) is 61.7 Å². The van der Waals surface area contributed by atoms with Crippen molar-refractivity contribution in [1.82, 2.24) is 10.1 Å². The first-order valence-corrected chi connectivity index (χ1v) is 13.4. The molecule has 0 spiro atoms. The number of hydrogen-bond acceptors (Lipinski definition) is 7. The monoisotopic (exact) mass is 508 g/mol. The molecule has 0 saturated heterocycles. The molecule has 0 aromatic carbocycles. The molecule has 0 aliphatic heterocycles. The number of thiophene rings is 1. The summed E-state index contributed by atoms with van der Waals surface area (Å²) >= 11 is 3.32. The smallest absolute Gasteiger partial charge is 0.164 e. The minimum atomic E-state index is -0.0174. The Labute approximate surface area is 215 Å². The van der Waals surface area contributed by atoms with E-state index >= 15 is 0 Å². The van der Waals surface area contributed by atoms with Gasteiger partial charge in [-0.15, -0.1) is 22.7 Å². The van der Waals surface area contributed by atoms with E-state index in [0.29, 0.717) is 6.42 Å². The van der Waals surface area contributed by atoms with Gasteiger partial charge in [0.1, 0.15) is 23.3 Å². The van der Waals surface area contributed by atoms with E-state index in [9.17, 15) is 4.79 Å². The molecular formula is C28H32N2O3S2. The highest BCUT2D eigenvalue weighted by Gasteiger charge is 2.36. The third-order valence-corrected chi connectivity index (χ3v) is 7.97. The lowest BCUT2D eigenvalue weighted by Crippen LogP contribution is -2.26. The van der Waals surface area contributed by atoms with Crippen molar-refractivity contribution in [3.05, 3.63) is 63.2 Å². The second-order valence-electron chi connectivity index (χ2n) is 8.97. The summed E-state index contributed by atoms with van der Waals surface area (Å²) in [4.78, 5) is 28.0. The Hall–Kier alpha value is -2.90. The lowest BCUT2D eigenvalue weighted by atomic mass is 9.74. The first-order chi connectivity index (χ1) is 16.8. The van der Waals surface area contributed by atoms with Crippen LogP contribution in [0.2, 0.25) is 0 Å². The van der Waals surface area contributed by atoms with Crippen LogP contribution in [0.5, 0.6) is 0 Å². The lowest BCUT2D eigenvalue weighted by molar-refractivity contribution is -0.0980. The molecular weight excluding hydrogens is 476 g/mol. The maximum absolute atomic E-state index is 12.8. The molecule has 2 aliphatic rings. The topological polar surface area (TPSA) is 73.1 Å². The second-order valence-corrected chi connectivity index (χ2v) is 11.1. The second kappa shape index (κ2) is 11.2. The van der Waals surface area contributed by atoms with Gasteiger partial charge in [0.05, 0.1) is 16.1 Å². The normalized spacial score (nSPS) is 15.8. The third kappa shape index (κ3) is 5.36. The number of nitrogens with zero attached hydrogens (tertiary/aromatic N) is 2. The summed E-state index contributed by atoms with van der Waals surface area (Å²) in [6, 6.07) is 0. The molecule has 0 saturated carbocycles. The summed E-state index contributed by atoms with van der Waals surface area (Å²) in [5.41, 5.74) is 5.73. The molecule has 0 unspecified atom stereocenters. The summed E-state index contributed by atoms with van der Waals surface area (Å²) in [7, 11) is 0. The van der Waals surface area contributed by atoms with Crippen LogP contribution in [0.1, 0.15) is 72.8 Å². The number of hydrogen-bond donors (Lipinski definition) is 0. The molecule has 5 rings (SSSR count). The van der Waals surface area contributed by atoms with Crippen molar-refractivity contribution in [2.24, 2.45) is 5.41 Å². The van der Waals surface area contributed by atoms with Crippen molar-refractivity contribution in [2.75, 3.05) is 0 Å². The maximum Gasteiger partial charge on any atom is 0.164 e. The molecule has 0 fully saturated rings. The molecule has 3 aromatic heterocycles. The molecule has 35 heavy (non-hydrogen) atoms. The zero-order chi connectivity index (χ0) is 25.8. The molecule has 2 aliphatic carbocycles. The summed E-state index contributed by atoms with van der Waals surface area (Å²) in [5.74, 6) is 1.02. The van der Waals surface area contributed by atoms with Crippen molar-refractivity contribution in [3.8, 4) is 21.1 Å². The van der Waals surface area contributed by atoms with Gasteiger partial charge in [-0.05, 0) is 37.7 Å². The number of aromatic nitrogens is 2. The number of carbonyl (C=O) groups excluding carboxylic acids is 2. The van der Waals surface area contributed by atoms with Gasteiger partial charge < -0.3 is 9.32 Å². The maximum atomic E-state index is 12.8. The first kappa shape index (κ1) is 26.7.